The number of amides is 1. The van der Waals surface area contributed by atoms with Gasteiger partial charge in [-0.2, -0.15) is 0 Å². The van der Waals surface area contributed by atoms with E-state index in [0.717, 1.165) is 0 Å². The van der Waals surface area contributed by atoms with Crippen LogP contribution in [0, 0.1) is 19.3 Å². The fourth-order valence-corrected chi connectivity index (χ4v) is 2.06. The standard InChI is InChI=1S/C12H16N2OS/c1-4-7-13-12(15)10(3)14-8-11-6-5-9(2)16-11/h1,5-6,10,14H,7-8H2,2-3H3,(H,13,15). The number of hydrogen-bond acceptors (Lipinski definition) is 3. The molecule has 0 aliphatic heterocycles. The van der Waals surface area contributed by atoms with E-state index in [4.69, 9.17) is 6.42 Å². The number of nitrogens with one attached hydrogen (secondary N) is 2. The summed E-state index contributed by atoms with van der Waals surface area (Å²) >= 11 is 1.73. The molecule has 2 N–H and O–H groups in total. The van der Waals surface area contributed by atoms with Gasteiger partial charge in [0.2, 0.25) is 5.91 Å². The van der Waals surface area contributed by atoms with Crippen LogP contribution in [-0.2, 0) is 11.3 Å². The van der Waals surface area contributed by atoms with Crippen LogP contribution in [0.4, 0.5) is 0 Å². The number of thiophene rings is 1. The quantitative estimate of drug-likeness (QED) is 0.756. The molecule has 0 aliphatic carbocycles. The molecular weight excluding hydrogens is 220 g/mol. The van der Waals surface area contributed by atoms with Crippen molar-refractivity contribution >= 4 is 17.2 Å². The maximum atomic E-state index is 11.5. The molecule has 0 spiro atoms. The number of rotatable bonds is 5. The van der Waals surface area contributed by atoms with Gasteiger partial charge in [-0.05, 0) is 26.0 Å². The predicted molar refractivity (Wildman–Crippen MR) is 67.2 cm³/mol. The highest BCUT2D eigenvalue weighted by Crippen LogP contribution is 2.14. The molecular formula is C12H16N2OS. The second kappa shape index (κ2) is 6.31. The van der Waals surface area contributed by atoms with Crippen molar-refractivity contribution in [2.24, 2.45) is 0 Å². The fraction of sp³-hybridized carbons (Fsp3) is 0.417. The lowest BCUT2D eigenvalue weighted by Gasteiger charge is -2.11. The Morgan fingerprint density at radius 3 is 2.94 bits per heavy atom. The van der Waals surface area contributed by atoms with Crippen molar-refractivity contribution in [2.45, 2.75) is 26.4 Å². The normalized spacial score (nSPS) is 11.8. The molecule has 0 radical (unpaired) electrons. The highest BCUT2D eigenvalue weighted by atomic mass is 32.1. The van der Waals surface area contributed by atoms with Crippen molar-refractivity contribution in [3.8, 4) is 12.3 Å². The first kappa shape index (κ1) is 12.8. The number of hydrogen-bond donors (Lipinski definition) is 2. The van der Waals surface area contributed by atoms with Gasteiger partial charge in [0.25, 0.3) is 0 Å². The minimum Gasteiger partial charge on any atom is -0.344 e. The molecule has 0 aromatic carbocycles. The average Bonchev–Trinajstić information content (AvgIpc) is 2.68. The largest absolute Gasteiger partial charge is 0.344 e. The highest BCUT2D eigenvalue weighted by molar-refractivity contribution is 7.11. The first-order valence-electron chi connectivity index (χ1n) is 5.13. The van der Waals surface area contributed by atoms with Gasteiger partial charge in [0.05, 0.1) is 12.6 Å². The Bertz CT molecular complexity index is 392. The van der Waals surface area contributed by atoms with E-state index in [2.05, 4.69) is 35.6 Å². The molecule has 1 aromatic heterocycles. The Morgan fingerprint density at radius 1 is 1.62 bits per heavy atom. The average molecular weight is 236 g/mol. The van der Waals surface area contributed by atoms with Crippen LogP contribution in [0.2, 0.25) is 0 Å². The van der Waals surface area contributed by atoms with E-state index in [1.807, 2.05) is 6.92 Å². The number of carbonyl (C=O) groups is 1. The molecule has 1 unspecified atom stereocenters. The van der Waals surface area contributed by atoms with Crippen molar-refractivity contribution in [1.82, 2.24) is 10.6 Å². The molecule has 0 saturated heterocycles. The summed E-state index contributed by atoms with van der Waals surface area (Å²) in [5.41, 5.74) is 0. The van der Waals surface area contributed by atoms with E-state index in [1.165, 1.54) is 9.75 Å². The van der Waals surface area contributed by atoms with Crippen LogP contribution in [0.5, 0.6) is 0 Å². The van der Waals surface area contributed by atoms with Crippen LogP contribution in [0.1, 0.15) is 16.7 Å². The molecule has 4 heteroatoms. The lowest BCUT2D eigenvalue weighted by atomic mass is 10.3. The fourth-order valence-electron chi connectivity index (χ4n) is 1.22. The molecule has 1 rings (SSSR count). The van der Waals surface area contributed by atoms with Gasteiger partial charge in [0.1, 0.15) is 0 Å². The molecule has 86 valence electrons. The van der Waals surface area contributed by atoms with Crippen molar-refractivity contribution in [1.29, 1.82) is 0 Å². The SMILES string of the molecule is C#CCNC(=O)C(C)NCc1ccc(C)s1. The van der Waals surface area contributed by atoms with E-state index < -0.39 is 0 Å². The van der Waals surface area contributed by atoms with Gasteiger partial charge < -0.3 is 10.6 Å². The van der Waals surface area contributed by atoms with Gasteiger partial charge in [0, 0.05) is 16.3 Å². The zero-order valence-electron chi connectivity index (χ0n) is 9.54. The highest BCUT2D eigenvalue weighted by Gasteiger charge is 2.10. The van der Waals surface area contributed by atoms with Crippen LogP contribution in [-0.4, -0.2) is 18.5 Å². The summed E-state index contributed by atoms with van der Waals surface area (Å²) in [7, 11) is 0. The van der Waals surface area contributed by atoms with Gasteiger partial charge >= 0.3 is 0 Å². The van der Waals surface area contributed by atoms with E-state index in [0.29, 0.717) is 6.54 Å². The Kier molecular flexibility index (Phi) is 5.03. The Hall–Kier alpha value is -1.31. The summed E-state index contributed by atoms with van der Waals surface area (Å²) in [5.74, 6) is 2.31. The van der Waals surface area contributed by atoms with Crippen molar-refractivity contribution in [3.05, 3.63) is 21.9 Å². The molecule has 1 aromatic rings. The summed E-state index contributed by atoms with van der Waals surface area (Å²) in [4.78, 5) is 14.0. The Balaban J connectivity index is 2.32. The van der Waals surface area contributed by atoms with E-state index in [9.17, 15) is 4.79 Å². The monoisotopic (exact) mass is 236 g/mol. The van der Waals surface area contributed by atoms with Crippen LogP contribution in [0.3, 0.4) is 0 Å². The molecule has 0 fully saturated rings. The summed E-state index contributed by atoms with van der Waals surface area (Å²) in [6, 6.07) is 3.92. The van der Waals surface area contributed by atoms with Crippen LogP contribution < -0.4 is 10.6 Å². The number of terminal acetylenes is 1. The third-order valence-electron chi connectivity index (χ3n) is 2.14. The summed E-state index contributed by atoms with van der Waals surface area (Å²) in [6.45, 7) is 4.88. The van der Waals surface area contributed by atoms with Crippen LogP contribution in [0.25, 0.3) is 0 Å². The lowest BCUT2D eigenvalue weighted by Crippen LogP contribution is -2.41. The lowest BCUT2D eigenvalue weighted by molar-refractivity contribution is -0.122. The van der Waals surface area contributed by atoms with Gasteiger partial charge in [0.15, 0.2) is 0 Å². The molecule has 16 heavy (non-hydrogen) atoms. The number of aryl methyl sites for hydroxylation is 1. The Labute approximate surface area is 100 Å². The third-order valence-corrected chi connectivity index (χ3v) is 3.14. The molecule has 1 amide bonds. The van der Waals surface area contributed by atoms with Gasteiger partial charge in [-0.3, -0.25) is 4.79 Å². The predicted octanol–water partition coefficient (Wildman–Crippen LogP) is 1.28. The van der Waals surface area contributed by atoms with Crippen LogP contribution in [0.15, 0.2) is 12.1 Å². The van der Waals surface area contributed by atoms with Crippen molar-refractivity contribution in [2.75, 3.05) is 6.54 Å². The summed E-state index contributed by atoms with van der Waals surface area (Å²) < 4.78 is 0. The van der Waals surface area contributed by atoms with E-state index in [1.54, 1.807) is 11.3 Å². The first-order valence-corrected chi connectivity index (χ1v) is 5.95. The number of carbonyl (C=O) groups excluding carboxylic acids is 1. The molecule has 0 bridgehead atoms. The summed E-state index contributed by atoms with van der Waals surface area (Å²) in [6.07, 6.45) is 5.06. The zero-order valence-corrected chi connectivity index (χ0v) is 10.4. The third kappa shape index (κ3) is 4.05. The minimum atomic E-state index is -0.226. The van der Waals surface area contributed by atoms with Gasteiger partial charge in [-0.25, -0.2) is 0 Å². The summed E-state index contributed by atoms with van der Waals surface area (Å²) in [5, 5.41) is 5.79. The van der Waals surface area contributed by atoms with E-state index in [-0.39, 0.29) is 18.5 Å². The maximum Gasteiger partial charge on any atom is 0.237 e. The first-order chi connectivity index (χ1) is 7.63. The molecule has 1 atom stereocenters. The molecule has 3 nitrogen and oxygen atoms in total. The van der Waals surface area contributed by atoms with Gasteiger partial charge in [-0.15, -0.1) is 17.8 Å². The zero-order chi connectivity index (χ0) is 12.0. The van der Waals surface area contributed by atoms with Crippen molar-refractivity contribution in [3.63, 3.8) is 0 Å². The maximum absolute atomic E-state index is 11.5. The molecule has 0 saturated carbocycles. The Morgan fingerprint density at radius 2 is 2.38 bits per heavy atom. The minimum absolute atomic E-state index is 0.0637. The second-order valence-corrected chi connectivity index (χ2v) is 4.91. The molecule has 0 aliphatic rings. The van der Waals surface area contributed by atoms with Crippen LogP contribution >= 0.6 is 11.3 Å². The smallest absolute Gasteiger partial charge is 0.237 e. The topological polar surface area (TPSA) is 41.1 Å². The second-order valence-electron chi connectivity index (χ2n) is 3.54. The van der Waals surface area contributed by atoms with E-state index >= 15 is 0 Å². The van der Waals surface area contributed by atoms with Gasteiger partial charge in [-0.1, -0.05) is 5.92 Å². The van der Waals surface area contributed by atoms with Crippen molar-refractivity contribution < 1.29 is 4.79 Å². The molecule has 1 heterocycles.